The number of ether oxygens (including phenoxy) is 2. The summed E-state index contributed by atoms with van der Waals surface area (Å²) in [5, 5.41) is 24.9. The van der Waals surface area contributed by atoms with Gasteiger partial charge >= 0.3 is 6.09 Å². The number of carbonyl (C=O) groups is 4. The smallest absolute Gasteiger partial charge is 0.405 e. The Morgan fingerprint density at radius 2 is 1.79 bits per heavy atom. The highest BCUT2D eigenvalue weighted by Crippen LogP contribution is 2.47. The molecular weight excluding hydrogens is 692 g/mol. The van der Waals surface area contributed by atoms with Crippen molar-refractivity contribution in [2.75, 3.05) is 13.2 Å². The first kappa shape index (κ1) is 37.3. The maximum atomic E-state index is 14.5. The molecule has 1 aromatic heterocycles. The van der Waals surface area contributed by atoms with Crippen molar-refractivity contribution in [2.24, 2.45) is 17.8 Å². The summed E-state index contributed by atoms with van der Waals surface area (Å²) in [5.74, 6) is -2.29. The Morgan fingerprint density at radius 1 is 1.10 bits per heavy atom. The van der Waals surface area contributed by atoms with Crippen molar-refractivity contribution in [1.29, 1.82) is 0 Å². The van der Waals surface area contributed by atoms with Crippen LogP contribution < -0.4 is 24.8 Å². The molecule has 282 valence electrons. The molecule has 6 rings (SSSR count). The van der Waals surface area contributed by atoms with Crippen LogP contribution in [0.3, 0.4) is 0 Å². The third-order valence-corrected chi connectivity index (χ3v) is 13.2. The average Bonchev–Trinajstić information content (AvgIpc) is 3.98. The Bertz CT molecular complexity index is 1870. The van der Waals surface area contributed by atoms with Gasteiger partial charge < -0.3 is 30.1 Å². The summed E-state index contributed by atoms with van der Waals surface area (Å²) < 4.78 is 39.4. The van der Waals surface area contributed by atoms with Crippen LogP contribution in [-0.4, -0.2) is 94.1 Å². The molecule has 1 saturated heterocycles. The van der Waals surface area contributed by atoms with Crippen molar-refractivity contribution in [3.8, 4) is 11.8 Å². The molecule has 52 heavy (non-hydrogen) atoms. The monoisotopic (exact) mass is 740 g/mol. The molecule has 2 aliphatic carbocycles. The van der Waals surface area contributed by atoms with E-state index in [1.54, 1.807) is 13.0 Å². The predicted octanol–water partition coefficient (Wildman–Crippen LogP) is 3.29. The zero-order valence-electron chi connectivity index (χ0n) is 30.0. The fourth-order valence-corrected chi connectivity index (χ4v) is 8.80. The van der Waals surface area contributed by atoms with E-state index in [2.05, 4.69) is 25.6 Å². The lowest BCUT2D eigenvalue weighted by Gasteiger charge is -2.33. The number of amides is 4. The van der Waals surface area contributed by atoms with E-state index in [9.17, 15) is 32.7 Å². The molecule has 7 atom stereocenters. The van der Waals surface area contributed by atoms with Gasteiger partial charge in [-0.25, -0.2) is 13.2 Å². The molecule has 0 unspecified atom stereocenters. The highest BCUT2D eigenvalue weighted by molar-refractivity contribution is 7.91. The molecule has 4 aliphatic rings. The molecule has 2 saturated carbocycles. The second-order valence-corrected chi connectivity index (χ2v) is 17.1. The highest BCUT2D eigenvalue weighted by atomic mass is 32.2. The van der Waals surface area contributed by atoms with Crippen molar-refractivity contribution in [1.82, 2.24) is 30.5 Å². The van der Waals surface area contributed by atoms with Gasteiger partial charge in [-0.05, 0) is 76.3 Å². The number of hydrogen-bond donors (Lipinski definition) is 4. The molecule has 3 fully saturated rings. The van der Waals surface area contributed by atoms with Crippen LogP contribution in [0.4, 0.5) is 4.79 Å². The van der Waals surface area contributed by atoms with E-state index in [0.29, 0.717) is 55.4 Å². The summed E-state index contributed by atoms with van der Waals surface area (Å²) in [6.45, 7) is 7.64. The quantitative estimate of drug-likeness (QED) is 0.275. The Balaban J connectivity index is 1.35. The molecule has 4 amide bonds. The van der Waals surface area contributed by atoms with Gasteiger partial charge in [-0.15, -0.1) is 10.2 Å². The number of carboxylic acid groups (broad SMARTS) is 1. The van der Waals surface area contributed by atoms with Crippen LogP contribution in [-0.2, 0) is 24.4 Å². The maximum Gasteiger partial charge on any atom is 0.405 e. The molecule has 3 heterocycles. The van der Waals surface area contributed by atoms with E-state index in [0.717, 1.165) is 6.42 Å². The van der Waals surface area contributed by atoms with Crippen LogP contribution in [0.15, 0.2) is 36.4 Å². The summed E-state index contributed by atoms with van der Waals surface area (Å²) in [6, 6.07) is 4.93. The number of nitrogens with zero attached hydrogens (tertiary/aromatic N) is 3. The molecule has 2 aromatic rings. The number of fused-ring (bicyclic) bond motifs is 3. The molecule has 16 heteroatoms. The highest BCUT2D eigenvalue weighted by Gasteiger charge is 2.63. The number of hydrogen-bond acceptors (Lipinski definition) is 10. The van der Waals surface area contributed by atoms with Crippen LogP contribution in [0.1, 0.15) is 79.1 Å². The molecular formula is C36H48N6O9S. The molecule has 4 N–H and O–H groups in total. The third-order valence-electron chi connectivity index (χ3n) is 11.1. The van der Waals surface area contributed by atoms with Gasteiger partial charge in [0.05, 0.1) is 28.7 Å². The molecule has 1 aromatic carbocycles. The van der Waals surface area contributed by atoms with Gasteiger partial charge in [0.25, 0.3) is 5.91 Å². The summed E-state index contributed by atoms with van der Waals surface area (Å²) in [6.07, 6.45) is 5.13. The van der Waals surface area contributed by atoms with E-state index in [1.165, 1.54) is 4.90 Å². The van der Waals surface area contributed by atoms with Crippen molar-refractivity contribution in [2.45, 2.75) is 108 Å². The minimum atomic E-state index is -4.00. The van der Waals surface area contributed by atoms with Gasteiger partial charge in [0.2, 0.25) is 33.6 Å². The molecule has 0 radical (unpaired) electrons. The molecule has 0 spiro atoms. The Kier molecular flexibility index (Phi) is 10.4. The van der Waals surface area contributed by atoms with Gasteiger partial charge in [-0.2, -0.15) is 0 Å². The van der Waals surface area contributed by atoms with E-state index in [1.807, 2.05) is 51.1 Å². The zero-order chi connectivity index (χ0) is 37.4. The van der Waals surface area contributed by atoms with Crippen LogP contribution >= 0.6 is 0 Å². The first-order valence-electron chi connectivity index (χ1n) is 18.1. The summed E-state index contributed by atoms with van der Waals surface area (Å²) in [4.78, 5) is 56.1. The van der Waals surface area contributed by atoms with Crippen LogP contribution in [0.5, 0.6) is 11.8 Å². The third kappa shape index (κ3) is 7.39. The summed E-state index contributed by atoms with van der Waals surface area (Å²) >= 11 is 0. The van der Waals surface area contributed by atoms with Gasteiger partial charge in [-0.3, -0.25) is 19.1 Å². The predicted molar refractivity (Wildman–Crippen MR) is 190 cm³/mol. The number of aromatic nitrogens is 2. The zero-order valence-corrected chi connectivity index (χ0v) is 30.8. The summed E-state index contributed by atoms with van der Waals surface area (Å²) in [7, 11) is -4.00. The number of allylic oxidation sites excluding steroid dienone is 1. The van der Waals surface area contributed by atoms with Crippen LogP contribution in [0.2, 0.25) is 0 Å². The summed E-state index contributed by atoms with van der Waals surface area (Å²) in [5.41, 5.74) is -1.55. The van der Waals surface area contributed by atoms with Crippen LogP contribution in [0, 0.1) is 17.8 Å². The first-order valence-corrected chi connectivity index (χ1v) is 19.6. The average molecular weight is 741 g/mol. The van der Waals surface area contributed by atoms with E-state index >= 15 is 0 Å². The SMILES string of the molecule is CCOc1nnc(O[C@@H]2C[C@H]3C(=O)N[C@]4(C(=O)NS(=O)(=O)C5(C)CC5)C[C@H]4C=CCC[C@@H](C)C[C@@H](CC)[C@H](NC(=O)O)C(=O)N3C2)c2ccccc12. The Morgan fingerprint density at radius 3 is 2.44 bits per heavy atom. The van der Waals surface area contributed by atoms with E-state index in [-0.39, 0.29) is 37.1 Å². The second kappa shape index (κ2) is 14.5. The lowest BCUT2D eigenvalue weighted by atomic mass is 9.85. The largest absolute Gasteiger partial charge is 0.476 e. The number of carbonyl (C=O) groups excluding carboxylic acids is 3. The van der Waals surface area contributed by atoms with Gasteiger partial charge in [0.1, 0.15) is 23.7 Å². The normalized spacial score (nSPS) is 30.2. The lowest BCUT2D eigenvalue weighted by Crippen LogP contribution is -2.59. The minimum Gasteiger partial charge on any atom is -0.476 e. The van der Waals surface area contributed by atoms with Gasteiger partial charge in [0, 0.05) is 12.3 Å². The number of benzene rings is 1. The second-order valence-electron chi connectivity index (χ2n) is 14.9. The first-order chi connectivity index (χ1) is 24.7. The number of nitrogens with one attached hydrogen (secondary N) is 3. The van der Waals surface area contributed by atoms with Gasteiger partial charge in [0.15, 0.2) is 0 Å². The number of rotatable bonds is 9. The lowest BCUT2D eigenvalue weighted by molar-refractivity contribution is -0.142. The molecule has 15 nitrogen and oxygen atoms in total. The number of sulfonamides is 1. The fourth-order valence-electron chi connectivity index (χ4n) is 7.49. The van der Waals surface area contributed by atoms with Crippen molar-refractivity contribution >= 4 is 44.6 Å². The van der Waals surface area contributed by atoms with Crippen molar-refractivity contribution in [3.63, 3.8) is 0 Å². The minimum absolute atomic E-state index is 0.0116. The van der Waals surface area contributed by atoms with E-state index < -0.39 is 68.2 Å². The molecule has 2 aliphatic heterocycles. The van der Waals surface area contributed by atoms with Crippen molar-refractivity contribution < 1.29 is 42.2 Å². The fraction of sp³-hybridized carbons (Fsp3) is 0.611. The Hall–Kier alpha value is -4.47. The standard InChI is InChI=1S/C36H48N6O9S/c1-5-22-17-21(3)11-7-8-12-23-19-36(23,33(45)41-52(48,49)35(4)15-16-35)38-29(43)27-18-24(20-42(27)32(44)28(22)37-34(46)47)51-31-26-14-10-9-13-25(26)30(39-40-31)50-6-2/h8-10,12-14,21-24,27-28,37H,5-7,11,15-20H2,1-4H3,(H,38,43)(H,41,45)(H,46,47)/t21-,22-,23-,24-,27+,28+,36-/m1/s1. The topological polar surface area (TPSA) is 206 Å². The maximum absolute atomic E-state index is 14.5. The van der Waals surface area contributed by atoms with Crippen molar-refractivity contribution in [3.05, 3.63) is 36.4 Å². The van der Waals surface area contributed by atoms with Crippen LogP contribution in [0.25, 0.3) is 10.8 Å². The Labute approximate surface area is 303 Å². The van der Waals surface area contributed by atoms with E-state index in [4.69, 9.17) is 9.47 Å². The van der Waals surface area contributed by atoms with Gasteiger partial charge in [-0.1, -0.05) is 44.6 Å². The molecule has 0 bridgehead atoms.